The average Bonchev–Trinajstić information content (AvgIpc) is 2.77. The molecule has 0 aliphatic heterocycles. The van der Waals surface area contributed by atoms with Gasteiger partial charge in [0.05, 0.1) is 12.0 Å². The van der Waals surface area contributed by atoms with Crippen LogP contribution in [-0.4, -0.2) is 16.1 Å². The molecule has 1 aromatic rings. The Morgan fingerprint density at radius 2 is 1.78 bits per heavy atom. The van der Waals surface area contributed by atoms with Crippen molar-refractivity contribution in [3.05, 3.63) is 18.2 Å². The van der Waals surface area contributed by atoms with E-state index in [4.69, 9.17) is 10.7 Å². The fourth-order valence-electron chi connectivity index (χ4n) is 5.33. The van der Waals surface area contributed by atoms with E-state index in [-0.39, 0.29) is 0 Å². The molecule has 0 unspecified atom stereocenters. The molecule has 4 aliphatic rings. The van der Waals surface area contributed by atoms with Crippen molar-refractivity contribution in [3.8, 4) is 0 Å². The minimum Gasteiger partial charge on any atom is -0.336 e. The Morgan fingerprint density at radius 1 is 1.17 bits per heavy atom. The van der Waals surface area contributed by atoms with Crippen LogP contribution in [0.25, 0.3) is 0 Å². The van der Waals surface area contributed by atoms with Crippen LogP contribution in [0.3, 0.4) is 0 Å². The molecule has 0 radical (unpaired) electrons. The Morgan fingerprint density at radius 3 is 2.33 bits per heavy atom. The Balaban J connectivity index is 1.66. The van der Waals surface area contributed by atoms with E-state index in [0.29, 0.717) is 12.0 Å². The molecule has 4 bridgehead atoms. The van der Waals surface area contributed by atoms with Crippen molar-refractivity contribution < 1.29 is 0 Å². The van der Waals surface area contributed by atoms with Crippen molar-refractivity contribution in [2.24, 2.45) is 23.5 Å². The molecule has 4 fully saturated rings. The smallest absolute Gasteiger partial charge is 0.0950 e. The molecule has 3 nitrogen and oxygen atoms in total. The van der Waals surface area contributed by atoms with Gasteiger partial charge in [-0.25, -0.2) is 4.98 Å². The summed E-state index contributed by atoms with van der Waals surface area (Å²) in [5, 5.41) is 0. The van der Waals surface area contributed by atoms with Gasteiger partial charge in [-0.3, -0.25) is 0 Å². The van der Waals surface area contributed by atoms with Crippen LogP contribution < -0.4 is 5.73 Å². The van der Waals surface area contributed by atoms with Gasteiger partial charge in [-0.1, -0.05) is 0 Å². The van der Waals surface area contributed by atoms with Gasteiger partial charge in [0, 0.05) is 24.7 Å². The number of imidazole rings is 1. The van der Waals surface area contributed by atoms with Crippen molar-refractivity contribution >= 4 is 0 Å². The van der Waals surface area contributed by atoms with E-state index in [1.54, 1.807) is 0 Å². The van der Waals surface area contributed by atoms with Crippen LogP contribution in [0.1, 0.15) is 44.2 Å². The maximum Gasteiger partial charge on any atom is 0.0950 e. The molecule has 4 saturated carbocycles. The molecular formula is C15H23N3. The molecule has 98 valence electrons. The van der Waals surface area contributed by atoms with E-state index >= 15 is 0 Å². The second kappa shape index (κ2) is 3.83. The molecule has 0 aromatic carbocycles. The van der Waals surface area contributed by atoms with E-state index in [2.05, 4.69) is 10.8 Å². The molecule has 2 N–H and O–H groups in total. The summed E-state index contributed by atoms with van der Waals surface area (Å²) in [5.74, 6) is 2.99. The van der Waals surface area contributed by atoms with Crippen LogP contribution in [0, 0.1) is 17.8 Å². The SMILES string of the molecule is NCCn1cnc(C23CC4CC(CC(C4)C2)C3)c1. The van der Waals surface area contributed by atoms with Crippen molar-refractivity contribution in [1.29, 1.82) is 0 Å². The van der Waals surface area contributed by atoms with Gasteiger partial charge >= 0.3 is 0 Å². The average molecular weight is 245 g/mol. The molecule has 18 heavy (non-hydrogen) atoms. The first kappa shape index (κ1) is 11.0. The van der Waals surface area contributed by atoms with Crippen LogP contribution >= 0.6 is 0 Å². The highest BCUT2D eigenvalue weighted by atomic mass is 15.0. The van der Waals surface area contributed by atoms with Crippen LogP contribution in [-0.2, 0) is 12.0 Å². The zero-order chi connectivity index (χ0) is 12.2. The number of rotatable bonds is 3. The molecule has 0 saturated heterocycles. The Bertz CT molecular complexity index is 413. The van der Waals surface area contributed by atoms with E-state index < -0.39 is 0 Å². The predicted octanol–water partition coefficient (Wildman–Crippen LogP) is 2.31. The maximum atomic E-state index is 5.63. The fraction of sp³-hybridized carbons (Fsp3) is 0.800. The van der Waals surface area contributed by atoms with Gasteiger partial charge in [-0.15, -0.1) is 0 Å². The number of hydrogen-bond donors (Lipinski definition) is 1. The zero-order valence-electron chi connectivity index (χ0n) is 11.0. The molecule has 4 aliphatic carbocycles. The molecule has 0 amide bonds. The Hall–Kier alpha value is -0.830. The zero-order valence-corrected chi connectivity index (χ0v) is 11.0. The summed E-state index contributed by atoms with van der Waals surface area (Å²) in [6.07, 6.45) is 13.0. The molecular weight excluding hydrogens is 222 g/mol. The Labute approximate surface area is 109 Å². The summed E-state index contributed by atoms with van der Waals surface area (Å²) < 4.78 is 2.17. The third kappa shape index (κ3) is 1.56. The minimum absolute atomic E-state index is 0.439. The number of hydrogen-bond acceptors (Lipinski definition) is 2. The molecule has 1 aromatic heterocycles. The predicted molar refractivity (Wildman–Crippen MR) is 71.1 cm³/mol. The first-order valence-electron chi connectivity index (χ1n) is 7.50. The first-order valence-corrected chi connectivity index (χ1v) is 7.50. The van der Waals surface area contributed by atoms with E-state index in [1.807, 2.05) is 6.33 Å². The molecule has 3 heteroatoms. The number of aromatic nitrogens is 2. The first-order chi connectivity index (χ1) is 8.77. The highest BCUT2D eigenvalue weighted by Gasteiger charge is 2.52. The molecule has 0 atom stereocenters. The van der Waals surface area contributed by atoms with Gasteiger partial charge < -0.3 is 10.3 Å². The minimum atomic E-state index is 0.439. The van der Waals surface area contributed by atoms with Gasteiger partial charge in [0.1, 0.15) is 0 Å². The van der Waals surface area contributed by atoms with Crippen molar-refractivity contribution in [2.75, 3.05) is 6.54 Å². The third-order valence-electron chi connectivity index (χ3n) is 5.60. The molecule has 0 spiro atoms. The van der Waals surface area contributed by atoms with Crippen LogP contribution in [0.5, 0.6) is 0 Å². The summed E-state index contributed by atoms with van der Waals surface area (Å²) in [6, 6.07) is 0. The van der Waals surface area contributed by atoms with Gasteiger partial charge in [-0.05, 0) is 56.3 Å². The van der Waals surface area contributed by atoms with Crippen molar-refractivity contribution in [2.45, 2.75) is 50.5 Å². The highest BCUT2D eigenvalue weighted by Crippen LogP contribution is 2.60. The van der Waals surface area contributed by atoms with E-state index in [0.717, 1.165) is 24.3 Å². The van der Waals surface area contributed by atoms with E-state index in [1.165, 1.54) is 44.2 Å². The number of nitrogens with two attached hydrogens (primary N) is 1. The van der Waals surface area contributed by atoms with Crippen molar-refractivity contribution in [1.82, 2.24) is 9.55 Å². The molecule has 5 rings (SSSR count). The Kier molecular flexibility index (Phi) is 2.35. The summed E-state index contributed by atoms with van der Waals surface area (Å²) in [5.41, 5.74) is 7.44. The summed E-state index contributed by atoms with van der Waals surface area (Å²) in [7, 11) is 0. The second-order valence-corrected chi connectivity index (χ2v) is 6.98. The standard InChI is InChI=1S/C15H23N3/c16-1-2-18-9-14(17-10-18)15-6-11-3-12(7-15)5-13(4-11)8-15/h9-13H,1-8,16H2. The largest absolute Gasteiger partial charge is 0.336 e. The van der Waals surface area contributed by atoms with Gasteiger partial charge in [0.2, 0.25) is 0 Å². The molecule has 1 heterocycles. The monoisotopic (exact) mass is 245 g/mol. The lowest BCUT2D eigenvalue weighted by atomic mass is 9.49. The number of nitrogens with zero attached hydrogens (tertiary/aromatic N) is 2. The second-order valence-electron chi connectivity index (χ2n) is 6.98. The summed E-state index contributed by atoms with van der Waals surface area (Å²) >= 11 is 0. The van der Waals surface area contributed by atoms with Crippen LogP contribution in [0.15, 0.2) is 12.5 Å². The lowest BCUT2D eigenvalue weighted by molar-refractivity contribution is -0.00706. The summed E-state index contributed by atoms with van der Waals surface area (Å²) in [6.45, 7) is 1.61. The highest BCUT2D eigenvalue weighted by molar-refractivity contribution is 5.21. The lowest BCUT2D eigenvalue weighted by Crippen LogP contribution is -2.48. The fourth-order valence-corrected chi connectivity index (χ4v) is 5.33. The normalized spacial score (nSPS) is 41.5. The quantitative estimate of drug-likeness (QED) is 0.888. The maximum absolute atomic E-state index is 5.63. The van der Waals surface area contributed by atoms with Crippen LogP contribution in [0.2, 0.25) is 0 Å². The van der Waals surface area contributed by atoms with Crippen molar-refractivity contribution in [3.63, 3.8) is 0 Å². The third-order valence-corrected chi connectivity index (χ3v) is 5.60. The van der Waals surface area contributed by atoms with Crippen LogP contribution in [0.4, 0.5) is 0 Å². The summed E-state index contributed by atoms with van der Waals surface area (Å²) in [4.78, 5) is 4.73. The topological polar surface area (TPSA) is 43.8 Å². The van der Waals surface area contributed by atoms with Gasteiger partial charge in [0.25, 0.3) is 0 Å². The van der Waals surface area contributed by atoms with Gasteiger partial charge in [-0.2, -0.15) is 0 Å². The lowest BCUT2D eigenvalue weighted by Gasteiger charge is -2.56. The van der Waals surface area contributed by atoms with E-state index in [9.17, 15) is 0 Å². The van der Waals surface area contributed by atoms with Gasteiger partial charge in [0.15, 0.2) is 0 Å².